The quantitative estimate of drug-likeness (QED) is 0.767. The lowest BCUT2D eigenvalue weighted by atomic mass is 10.4. The summed E-state index contributed by atoms with van der Waals surface area (Å²) < 4.78 is 6.11. The lowest BCUT2D eigenvalue weighted by Crippen LogP contribution is -2.06. The van der Waals surface area contributed by atoms with E-state index in [2.05, 4.69) is 19.8 Å². The van der Waals surface area contributed by atoms with Crippen molar-refractivity contribution in [1.29, 1.82) is 0 Å². The Hall–Kier alpha value is -1.76. The molecule has 0 atom stereocenters. The Bertz CT molecular complexity index is 527. The average Bonchev–Trinajstić information content (AvgIpc) is 2.87. The molecule has 0 aliphatic heterocycles. The molecule has 6 nitrogen and oxygen atoms in total. The molecule has 0 aliphatic carbocycles. The SMILES string of the molecule is COC(=O)c1ncn(Cc2nc(C)c(C)s2)n1. The summed E-state index contributed by atoms with van der Waals surface area (Å²) >= 11 is 1.62. The molecule has 0 spiro atoms. The van der Waals surface area contributed by atoms with Crippen LogP contribution in [0, 0.1) is 13.8 Å². The van der Waals surface area contributed by atoms with Gasteiger partial charge in [0.25, 0.3) is 5.82 Å². The van der Waals surface area contributed by atoms with E-state index < -0.39 is 5.97 Å². The highest BCUT2D eigenvalue weighted by atomic mass is 32.1. The molecule has 0 amide bonds. The smallest absolute Gasteiger partial charge is 0.377 e. The lowest BCUT2D eigenvalue weighted by molar-refractivity contribution is 0.0586. The van der Waals surface area contributed by atoms with E-state index in [0.29, 0.717) is 6.54 Å². The molecule has 2 heterocycles. The third-order valence-electron chi connectivity index (χ3n) is 2.27. The summed E-state index contributed by atoms with van der Waals surface area (Å²) in [7, 11) is 1.30. The van der Waals surface area contributed by atoms with Crippen LogP contribution in [-0.2, 0) is 11.3 Å². The minimum absolute atomic E-state index is 0.0671. The fourth-order valence-corrected chi connectivity index (χ4v) is 2.23. The number of aryl methyl sites for hydroxylation is 2. The van der Waals surface area contributed by atoms with Crippen LogP contribution in [0.2, 0.25) is 0 Å². The largest absolute Gasteiger partial charge is 0.463 e. The second kappa shape index (κ2) is 4.62. The summed E-state index contributed by atoms with van der Waals surface area (Å²) in [5.74, 6) is -0.465. The monoisotopic (exact) mass is 252 g/mol. The Morgan fingerprint density at radius 1 is 1.53 bits per heavy atom. The van der Waals surface area contributed by atoms with Crippen LogP contribution in [0.25, 0.3) is 0 Å². The summed E-state index contributed by atoms with van der Waals surface area (Å²) in [6.07, 6.45) is 1.50. The highest BCUT2D eigenvalue weighted by Gasteiger charge is 2.12. The molecule has 2 aromatic rings. The zero-order valence-electron chi connectivity index (χ0n) is 9.80. The van der Waals surface area contributed by atoms with Crippen LogP contribution in [0.1, 0.15) is 26.2 Å². The number of esters is 1. The first kappa shape index (κ1) is 11.7. The van der Waals surface area contributed by atoms with E-state index in [0.717, 1.165) is 10.7 Å². The molecule has 0 aliphatic rings. The van der Waals surface area contributed by atoms with Gasteiger partial charge in [-0.3, -0.25) is 0 Å². The first-order valence-corrected chi connectivity index (χ1v) is 5.82. The van der Waals surface area contributed by atoms with Crippen LogP contribution in [-0.4, -0.2) is 32.8 Å². The molecule has 2 rings (SSSR count). The van der Waals surface area contributed by atoms with Crippen molar-refractivity contribution in [3.63, 3.8) is 0 Å². The second-order valence-electron chi connectivity index (χ2n) is 3.51. The van der Waals surface area contributed by atoms with Crippen molar-refractivity contribution in [1.82, 2.24) is 19.7 Å². The molecule has 0 aromatic carbocycles. The first-order valence-electron chi connectivity index (χ1n) is 5.01. The fraction of sp³-hybridized carbons (Fsp3) is 0.400. The van der Waals surface area contributed by atoms with Crippen LogP contribution >= 0.6 is 11.3 Å². The summed E-state index contributed by atoms with van der Waals surface area (Å²) in [5, 5.41) is 4.96. The van der Waals surface area contributed by atoms with Crippen molar-refractivity contribution in [3.8, 4) is 0 Å². The molecule has 2 aromatic heterocycles. The maximum Gasteiger partial charge on any atom is 0.377 e. The van der Waals surface area contributed by atoms with Gasteiger partial charge in [-0.25, -0.2) is 19.4 Å². The average molecular weight is 252 g/mol. The van der Waals surface area contributed by atoms with E-state index in [1.807, 2.05) is 13.8 Å². The predicted octanol–water partition coefficient (Wildman–Crippen LogP) is 1.19. The number of nitrogens with zero attached hydrogens (tertiary/aromatic N) is 4. The summed E-state index contributed by atoms with van der Waals surface area (Å²) in [6.45, 7) is 4.51. The van der Waals surface area contributed by atoms with E-state index in [1.54, 1.807) is 16.0 Å². The Labute approximate surface area is 102 Å². The van der Waals surface area contributed by atoms with Crippen molar-refractivity contribution >= 4 is 17.3 Å². The van der Waals surface area contributed by atoms with Crippen LogP contribution < -0.4 is 0 Å². The number of methoxy groups -OCH3 is 1. The summed E-state index contributed by atoms with van der Waals surface area (Å²) in [5.41, 5.74) is 1.03. The normalized spacial score (nSPS) is 10.5. The van der Waals surface area contributed by atoms with Crippen LogP contribution in [0.15, 0.2) is 6.33 Å². The standard InChI is InChI=1S/C10H12N4O2S/c1-6-7(2)17-8(12-6)4-14-5-11-9(13-14)10(15)16-3/h5H,4H2,1-3H3. The Morgan fingerprint density at radius 3 is 2.88 bits per heavy atom. The molecule has 0 bridgehead atoms. The van der Waals surface area contributed by atoms with Crippen molar-refractivity contribution in [2.24, 2.45) is 0 Å². The topological polar surface area (TPSA) is 69.9 Å². The van der Waals surface area contributed by atoms with Gasteiger partial charge in [-0.2, -0.15) is 0 Å². The molecule has 90 valence electrons. The molecule has 0 N–H and O–H groups in total. The van der Waals surface area contributed by atoms with Gasteiger partial charge < -0.3 is 4.74 Å². The van der Waals surface area contributed by atoms with Gasteiger partial charge in [0.2, 0.25) is 0 Å². The molecule has 0 saturated carbocycles. The summed E-state index contributed by atoms with van der Waals surface area (Å²) in [4.78, 5) is 20.6. The van der Waals surface area contributed by atoms with E-state index >= 15 is 0 Å². The van der Waals surface area contributed by atoms with E-state index in [4.69, 9.17) is 0 Å². The number of thiazole rings is 1. The molecular weight excluding hydrogens is 240 g/mol. The molecule has 0 saturated heterocycles. The van der Waals surface area contributed by atoms with Gasteiger partial charge in [-0.1, -0.05) is 0 Å². The molecule has 17 heavy (non-hydrogen) atoms. The molecule has 0 unspecified atom stereocenters. The Balaban J connectivity index is 2.14. The fourth-order valence-electron chi connectivity index (χ4n) is 1.30. The molecule has 0 fully saturated rings. The molecular formula is C10H12N4O2S. The second-order valence-corrected chi connectivity index (χ2v) is 4.79. The van der Waals surface area contributed by atoms with Crippen molar-refractivity contribution in [3.05, 3.63) is 27.7 Å². The molecule has 7 heteroatoms. The predicted molar refractivity (Wildman–Crippen MR) is 62.1 cm³/mol. The number of rotatable bonds is 3. The Kier molecular flexibility index (Phi) is 3.19. The van der Waals surface area contributed by atoms with Crippen LogP contribution in [0.3, 0.4) is 0 Å². The van der Waals surface area contributed by atoms with Gasteiger partial charge in [-0.05, 0) is 13.8 Å². The van der Waals surface area contributed by atoms with Crippen molar-refractivity contribution in [2.45, 2.75) is 20.4 Å². The van der Waals surface area contributed by atoms with Crippen molar-refractivity contribution in [2.75, 3.05) is 7.11 Å². The number of ether oxygens (including phenoxy) is 1. The summed E-state index contributed by atoms with van der Waals surface area (Å²) in [6, 6.07) is 0. The highest BCUT2D eigenvalue weighted by Crippen LogP contribution is 2.16. The van der Waals surface area contributed by atoms with E-state index in [9.17, 15) is 4.79 Å². The van der Waals surface area contributed by atoms with Gasteiger partial charge in [-0.15, -0.1) is 16.4 Å². The third kappa shape index (κ3) is 2.50. The zero-order chi connectivity index (χ0) is 12.4. The third-order valence-corrected chi connectivity index (χ3v) is 3.33. The number of hydrogen-bond acceptors (Lipinski definition) is 6. The Morgan fingerprint density at radius 2 is 2.29 bits per heavy atom. The van der Waals surface area contributed by atoms with Crippen LogP contribution in [0.5, 0.6) is 0 Å². The van der Waals surface area contributed by atoms with Crippen LogP contribution in [0.4, 0.5) is 0 Å². The highest BCUT2D eigenvalue weighted by molar-refractivity contribution is 7.11. The minimum Gasteiger partial charge on any atom is -0.463 e. The zero-order valence-corrected chi connectivity index (χ0v) is 10.6. The number of carbonyl (C=O) groups is 1. The van der Waals surface area contributed by atoms with Gasteiger partial charge in [0, 0.05) is 4.88 Å². The van der Waals surface area contributed by atoms with Gasteiger partial charge in [0.15, 0.2) is 0 Å². The number of aromatic nitrogens is 4. The maximum absolute atomic E-state index is 11.2. The molecule has 0 radical (unpaired) electrons. The van der Waals surface area contributed by atoms with E-state index in [1.165, 1.54) is 18.3 Å². The minimum atomic E-state index is -0.532. The first-order chi connectivity index (χ1) is 8.10. The van der Waals surface area contributed by atoms with Gasteiger partial charge in [0.05, 0.1) is 19.3 Å². The van der Waals surface area contributed by atoms with Gasteiger partial charge >= 0.3 is 5.97 Å². The van der Waals surface area contributed by atoms with Crippen molar-refractivity contribution < 1.29 is 9.53 Å². The number of carbonyl (C=O) groups excluding carboxylic acids is 1. The van der Waals surface area contributed by atoms with E-state index in [-0.39, 0.29) is 5.82 Å². The number of hydrogen-bond donors (Lipinski definition) is 0. The maximum atomic E-state index is 11.2. The lowest BCUT2D eigenvalue weighted by Gasteiger charge is -1.95. The van der Waals surface area contributed by atoms with Gasteiger partial charge in [0.1, 0.15) is 11.3 Å².